The number of nitrogens with zero attached hydrogens (tertiary/aromatic N) is 2. The summed E-state index contributed by atoms with van der Waals surface area (Å²) in [6.45, 7) is 2.00. The maximum Gasteiger partial charge on any atom is 0.251 e. The van der Waals surface area contributed by atoms with E-state index in [1.54, 1.807) is 31.7 Å². The van der Waals surface area contributed by atoms with Gasteiger partial charge in [-0.15, -0.1) is 0 Å². The highest BCUT2D eigenvalue weighted by Crippen LogP contribution is 2.17. The molecule has 0 spiro atoms. The van der Waals surface area contributed by atoms with Crippen LogP contribution in [0.15, 0.2) is 42.9 Å². The zero-order chi connectivity index (χ0) is 13.7. The van der Waals surface area contributed by atoms with Crippen LogP contribution in [0, 0.1) is 0 Å². The maximum absolute atomic E-state index is 11.6. The molecule has 1 heterocycles. The van der Waals surface area contributed by atoms with Crippen molar-refractivity contribution >= 4 is 11.6 Å². The quantitative estimate of drug-likeness (QED) is 0.878. The number of hydrogen-bond acceptors (Lipinski definition) is 4. The molecular formula is C14H16N4O. The van der Waals surface area contributed by atoms with Crippen molar-refractivity contribution in [3.63, 3.8) is 0 Å². The van der Waals surface area contributed by atoms with Crippen LogP contribution in [0.3, 0.4) is 0 Å². The molecule has 1 aromatic heterocycles. The third-order valence-electron chi connectivity index (χ3n) is 2.76. The van der Waals surface area contributed by atoms with Gasteiger partial charge in [0.2, 0.25) is 0 Å². The molecule has 0 bridgehead atoms. The van der Waals surface area contributed by atoms with Gasteiger partial charge < -0.3 is 10.6 Å². The lowest BCUT2D eigenvalue weighted by Gasteiger charge is -2.14. The summed E-state index contributed by atoms with van der Waals surface area (Å²) in [6.07, 6.45) is 5.02. The molecule has 5 nitrogen and oxygen atoms in total. The first-order chi connectivity index (χ1) is 9.20. The average molecular weight is 256 g/mol. The van der Waals surface area contributed by atoms with E-state index in [9.17, 15) is 4.79 Å². The van der Waals surface area contributed by atoms with Crippen LogP contribution in [0.1, 0.15) is 29.0 Å². The maximum atomic E-state index is 11.6. The van der Waals surface area contributed by atoms with Crippen LogP contribution in [0.25, 0.3) is 0 Å². The fraction of sp³-hybridized carbons (Fsp3) is 0.214. The Morgan fingerprint density at radius 1 is 1.32 bits per heavy atom. The van der Waals surface area contributed by atoms with Crippen molar-refractivity contribution in [2.45, 2.75) is 13.0 Å². The van der Waals surface area contributed by atoms with E-state index < -0.39 is 0 Å². The summed E-state index contributed by atoms with van der Waals surface area (Å²) in [6, 6.07) is 7.37. The number of anilines is 1. The van der Waals surface area contributed by atoms with Gasteiger partial charge in [-0.1, -0.05) is 6.07 Å². The number of aromatic nitrogens is 2. The Morgan fingerprint density at radius 3 is 2.84 bits per heavy atom. The molecular weight excluding hydrogens is 240 g/mol. The Hall–Kier alpha value is -2.43. The van der Waals surface area contributed by atoms with E-state index in [-0.39, 0.29) is 11.9 Å². The van der Waals surface area contributed by atoms with Gasteiger partial charge in [0.1, 0.15) is 0 Å². The van der Waals surface area contributed by atoms with Gasteiger partial charge in [-0.2, -0.15) is 0 Å². The zero-order valence-corrected chi connectivity index (χ0v) is 10.9. The van der Waals surface area contributed by atoms with Crippen molar-refractivity contribution in [3.8, 4) is 0 Å². The van der Waals surface area contributed by atoms with Crippen LogP contribution >= 0.6 is 0 Å². The molecule has 19 heavy (non-hydrogen) atoms. The largest absolute Gasteiger partial charge is 0.377 e. The highest BCUT2D eigenvalue weighted by Gasteiger charge is 2.08. The lowest BCUT2D eigenvalue weighted by Crippen LogP contribution is -2.18. The molecule has 5 heteroatoms. The molecule has 2 aromatic rings. The zero-order valence-electron chi connectivity index (χ0n) is 10.9. The number of carbonyl (C=O) groups is 1. The monoisotopic (exact) mass is 256 g/mol. The minimum absolute atomic E-state index is 0.0219. The van der Waals surface area contributed by atoms with Crippen molar-refractivity contribution in [1.82, 2.24) is 15.3 Å². The number of amides is 1. The summed E-state index contributed by atoms with van der Waals surface area (Å²) in [5.74, 6) is -0.101. The molecule has 2 N–H and O–H groups in total. The molecule has 0 fully saturated rings. The van der Waals surface area contributed by atoms with Gasteiger partial charge in [0.25, 0.3) is 5.91 Å². The third-order valence-corrected chi connectivity index (χ3v) is 2.76. The predicted octanol–water partition coefficient (Wildman–Crippen LogP) is 2.01. The second kappa shape index (κ2) is 5.95. The van der Waals surface area contributed by atoms with Gasteiger partial charge in [0.05, 0.1) is 17.9 Å². The van der Waals surface area contributed by atoms with Crippen molar-refractivity contribution in [3.05, 3.63) is 54.1 Å². The Balaban J connectivity index is 2.13. The topological polar surface area (TPSA) is 66.9 Å². The first-order valence-corrected chi connectivity index (χ1v) is 6.05. The van der Waals surface area contributed by atoms with Crippen LogP contribution in [0.5, 0.6) is 0 Å². The fourth-order valence-corrected chi connectivity index (χ4v) is 1.75. The minimum atomic E-state index is -0.101. The summed E-state index contributed by atoms with van der Waals surface area (Å²) in [5.41, 5.74) is 2.35. The number of rotatable bonds is 4. The van der Waals surface area contributed by atoms with Crippen molar-refractivity contribution in [1.29, 1.82) is 0 Å². The van der Waals surface area contributed by atoms with E-state index in [0.29, 0.717) is 5.56 Å². The van der Waals surface area contributed by atoms with Crippen LogP contribution in [0.4, 0.5) is 5.69 Å². The highest BCUT2D eigenvalue weighted by atomic mass is 16.1. The normalized spacial score (nSPS) is 11.7. The Kier molecular flexibility index (Phi) is 4.07. The first kappa shape index (κ1) is 13.0. The smallest absolute Gasteiger partial charge is 0.251 e. The molecule has 1 aromatic carbocycles. The van der Waals surface area contributed by atoms with Gasteiger partial charge in [-0.25, -0.2) is 0 Å². The summed E-state index contributed by atoms with van der Waals surface area (Å²) in [7, 11) is 1.62. The van der Waals surface area contributed by atoms with Crippen LogP contribution < -0.4 is 10.6 Å². The van der Waals surface area contributed by atoms with Crippen molar-refractivity contribution < 1.29 is 4.79 Å². The van der Waals surface area contributed by atoms with E-state index >= 15 is 0 Å². The molecule has 0 radical (unpaired) electrons. The van der Waals surface area contributed by atoms with E-state index in [0.717, 1.165) is 11.4 Å². The summed E-state index contributed by atoms with van der Waals surface area (Å²) in [4.78, 5) is 19.8. The van der Waals surface area contributed by atoms with E-state index in [1.807, 2.05) is 25.1 Å². The Labute approximate surface area is 112 Å². The molecule has 0 aliphatic carbocycles. The van der Waals surface area contributed by atoms with Gasteiger partial charge in [0, 0.05) is 30.7 Å². The second-order valence-corrected chi connectivity index (χ2v) is 4.16. The lowest BCUT2D eigenvalue weighted by atomic mass is 10.1. The van der Waals surface area contributed by atoms with E-state index in [2.05, 4.69) is 20.6 Å². The van der Waals surface area contributed by atoms with Crippen LogP contribution in [-0.2, 0) is 0 Å². The molecule has 0 aliphatic rings. The lowest BCUT2D eigenvalue weighted by molar-refractivity contribution is 0.0963. The molecule has 1 atom stereocenters. The SMILES string of the molecule is CNC(=O)c1cccc(NC(C)c2cnccn2)c1. The first-order valence-electron chi connectivity index (χ1n) is 6.05. The molecule has 0 aliphatic heterocycles. The van der Waals surface area contributed by atoms with Crippen molar-refractivity contribution in [2.24, 2.45) is 0 Å². The predicted molar refractivity (Wildman–Crippen MR) is 73.9 cm³/mol. The fourth-order valence-electron chi connectivity index (χ4n) is 1.75. The van der Waals surface area contributed by atoms with E-state index in [4.69, 9.17) is 0 Å². The third kappa shape index (κ3) is 3.28. The van der Waals surface area contributed by atoms with Gasteiger partial charge >= 0.3 is 0 Å². The number of benzene rings is 1. The Morgan fingerprint density at radius 2 is 2.16 bits per heavy atom. The number of hydrogen-bond donors (Lipinski definition) is 2. The minimum Gasteiger partial charge on any atom is -0.377 e. The molecule has 0 saturated heterocycles. The summed E-state index contributed by atoms with van der Waals surface area (Å²) >= 11 is 0. The molecule has 98 valence electrons. The summed E-state index contributed by atoms with van der Waals surface area (Å²) in [5, 5.41) is 5.90. The van der Waals surface area contributed by atoms with Gasteiger partial charge in [0.15, 0.2) is 0 Å². The average Bonchev–Trinajstić information content (AvgIpc) is 2.47. The second-order valence-electron chi connectivity index (χ2n) is 4.16. The van der Waals surface area contributed by atoms with Crippen molar-refractivity contribution in [2.75, 3.05) is 12.4 Å². The van der Waals surface area contributed by atoms with Gasteiger partial charge in [-0.05, 0) is 25.1 Å². The van der Waals surface area contributed by atoms with Crippen LogP contribution in [0.2, 0.25) is 0 Å². The van der Waals surface area contributed by atoms with Crippen LogP contribution in [-0.4, -0.2) is 22.9 Å². The summed E-state index contributed by atoms with van der Waals surface area (Å²) < 4.78 is 0. The molecule has 0 saturated carbocycles. The number of carbonyl (C=O) groups excluding carboxylic acids is 1. The van der Waals surface area contributed by atoms with E-state index in [1.165, 1.54) is 0 Å². The molecule has 1 amide bonds. The standard InChI is InChI=1S/C14H16N4O/c1-10(13-9-16-6-7-17-13)18-12-5-3-4-11(8-12)14(19)15-2/h3-10,18H,1-2H3,(H,15,19). The Bertz CT molecular complexity index is 556. The molecule has 1 unspecified atom stereocenters. The van der Waals surface area contributed by atoms with Gasteiger partial charge in [-0.3, -0.25) is 14.8 Å². The molecule has 2 rings (SSSR count). The highest BCUT2D eigenvalue weighted by molar-refractivity contribution is 5.94. The number of nitrogens with one attached hydrogen (secondary N) is 2.